The van der Waals surface area contributed by atoms with Crippen LogP contribution in [0.3, 0.4) is 0 Å². The summed E-state index contributed by atoms with van der Waals surface area (Å²) < 4.78 is 5.75. The average molecular weight is 499 g/mol. The van der Waals surface area contributed by atoms with E-state index in [1.807, 2.05) is 59.6 Å². The lowest BCUT2D eigenvalue weighted by Crippen LogP contribution is -2.47. The number of hydrogen-bond acceptors (Lipinski definition) is 8. The number of ether oxygens (including phenoxy) is 1. The number of likely N-dealkylation sites (tertiary alicyclic amines) is 1. The molecule has 0 saturated carbocycles. The number of aromatic nitrogens is 5. The van der Waals surface area contributed by atoms with Crippen molar-refractivity contribution in [1.82, 2.24) is 30.0 Å². The Balaban J connectivity index is 1.04. The second-order valence-electron chi connectivity index (χ2n) is 9.42. The fraction of sp³-hybridized carbons (Fsp3) is 0.370. The van der Waals surface area contributed by atoms with E-state index >= 15 is 0 Å². The zero-order valence-corrected chi connectivity index (χ0v) is 20.7. The molecule has 1 amide bonds. The Kier molecular flexibility index (Phi) is 6.53. The standard InChI is InChI=1S/C27H30N8O2/c36-26(35-14-6-4-9-22(35)27-29-20-7-1-2-8-21(20)30-27)19-37-25-12-11-24(31-32-25)34-17-15-33(16-18-34)23-10-3-5-13-28-23/h1-3,5,7-8,10-13,22H,4,6,9,14-19H2,(H,29,30)/t22-/m1/s1. The summed E-state index contributed by atoms with van der Waals surface area (Å²) in [6, 6.07) is 17.5. The Hall–Kier alpha value is -4.21. The third kappa shape index (κ3) is 5.04. The summed E-state index contributed by atoms with van der Waals surface area (Å²) in [7, 11) is 0. The molecule has 3 aromatic heterocycles. The number of aromatic amines is 1. The van der Waals surface area contributed by atoms with Gasteiger partial charge >= 0.3 is 0 Å². The molecule has 190 valence electrons. The molecule has 37 heavy (non-hydrogen) atoms. The lowest BCUT2D eigenvalue weighted by molar-refractivity contribution is -0.137. The van der Waals surface area contributed by atoms with Crippen molar-refractivity contribution in [2.45, 2.75) is 25.3 Å². The summed E-state index contributed by atoms with van der Waals surface area (Å²) >= 11 is 0. The minimum absolute atomic E-state index is 0.0679. The summed E-state index contributed by atoms with van der Waals surface area (Å²) in [5, 5.41) is 8.58. The molecule has 0 radical (unpaired) electrons. The maximum atomic E-state index is 13.1. The summed E-state index contributed by atoms with van der Waals surface area (Å²) in [6.45, 7) is 4.03. The van der Waals surface area contributed by atoms with E-state index in [0.29, 0.717) is 12.4 Å². The third-order valence-corrected chi connectivity index (χ3v) is 7.09. The summed E-state index contributed by atoms with van der Waals surface area (Å²) in [5.74, 6) is 2.92. The van der Waals surface area contributed by atoms with E-state index in [4.69, 9.17) is 9.72 Å². The number of piperidine rings is 1. The van der Waals surface area contributed by atoms with Crippen molar-refractivity contribution in [1.29, 1.82) is 0 Å². The molecule has 10 heteroatoms. The Morgan fingerprint density at radius 2 is 1.70 bits per heavy atom. The minimum atomic E-state index is -0.0759. The van der Waals surface area contributed by atoms with Gasteiger partial charge in [0, 0.05) is 45.0 Å². The van der Waals surface area contributed by atoms with Crippen molar-refractivity contribution in [3.05, 3.63) is 66.6 Å². The van der Waals surface area contributed by atoms with Crippen LogP contribution in [0.25, 0.3) is 11.0 Å². The highest BCUT2D eigenvalue weighted by molar-refractivity contribution is 5.79. The predicted octanol–water partition coefficient (Wildman–Crippen LogP) is 3.21. The van der Waals surface area contributed by atoms with Gasteiger partial charge in [0.1, 0.15) is 11.6 Å². The van der Waals surface area contributed by atoms with Gasteiger partial charge in [-0.05, 0) is 49.6 Å². The van der Waals surface area contributed by atoms with Crippen molar-refractivity contribution in [2.75, 3.05) is 49.1 Å². The Morgan fingerprint density at radius 1 is 0.892 bits per heavy atom. The molecule has 6 rings (SSSR count). The second-order valence-corrected chi connectivity index (χ2v) is 9.42. The van der Waals surface area contributed by atoms with Gasteiger partial charge in [0.2, 0.25) is 5.88 Å². The average Bonchev–Trinajstić information content (AvgIpc) is 3.41. The lowest BCUT2D eigenvalue weighted by atomic mass is 10.0. The first kappa shape index (κ1) is 23.2. The van der Waals surface area contributed by atoms with Crippen molar-refractivity contribution >= 4 is 28.6 Å². The number of imidazole rings is 1. The minimum Gasteiger partial charge on any atom is -0.466 e. The maximum Gasteiger partial charge on any atom is 0.261 e. The molecule has 5 heterocycles. The summed E-state index contributed by atoms with van der Waals surface area (Å²) in [4.78, 5) is 32.0. The zero-order valence-electron chi connectivity index (χ0n) is 20.7. The highest BCUT2D eigenvalue weighted by Crippen LogP contribution is 2.30. The maximum absolute atomic E-state index is 13.1. The van der Waals surface area contributed by atoms with Crippen LogP contribution >= 0.6 is 0 Å². The van der Waals surface area contributed by atoms with Crippen molar-refractivity contribution in [3.8, 4) is 5.88 Å². The number of carbonyl (C=O) groups excluding carboxylic acids is 1. The number of nitrogens with zero attached hydrogens (tertiary/aromatic N) is 7. The lowest BCUT2D eigenvalue weighted by Gasteiger charge is -2.35. The fourth-order valence-electron chi connectivity index (χ4n) is 5.13. The number of pyridine rings is 1. The zero-order chi connectivity index (χ0) is 25.0. The highest BCUT2D eigenvalue weighted by Gasteiger charge is 2.30. The van der Waals surface area contributed by atoms with Crippen molar-refractivity contribution in [2.24, 2.45) is 0 Å². The molecule has 1 N–H and O–H groups in total. The first-order valence-electron chi connectivity index (χ1n) is 12.9. The second kappa shape index (κ2) is 10.4. The largest absolute Gasteiger partial charge is 0.466 e. The van der Waals surface area contributed by atoms with Crippen molar-refractivity contribution < 1.29 is 9.53 Å². The first-order chi connectivity index (χ1) is 18.2. The number of piperazine rings is 1. The van der Waals surface area contributed by atoms with E-state index in [1.165, 1.54) is 0 Å². The van der Waals surface area contributed by atoms with Gasteiger partial charge in [0.15, 0.2) is 12.4 Å². The summed E-state index contributed by atoms with van der Waals surface area (Å²) in [6.07, 6.45) is 4.74. The van der Waals surface area contributed by atoms with Gasteiger partial charge in [0.05, 0.1) is 17.1 Å². The van der Waals surface area contributed by atoms with E-state index in [9.17, 15) is 4.79 Å². The predicted molar refractivity (Wildman–Crippen MR) is 141 cm³/mol. The Labute approximate surface area is 215 Å². The van der Waals surface area contributed by atoms with Gasteiger partial charge in [-0.3, -0.25) is 4.79 Å². The van der Waals surface area contributed by atoms with Crippen molar-refractivity contribution in [3.63, 3.8) is 0 Å². The van der Waals surface area contributed by atoms with Gasteiger partial charge in [-0.15, -0.1) is 10.2 Å². The molecule has 4 aromatic rings. The van der Waals surface area contributed by atoms with Gasteiger partial charge in [-0.1, -0.05) is 18.2 Å². The van der Waals surface area contributed by atoms with Crippen LogP contribution in [0.5, 0.6) is 5.88 Å². The fourth-order valence-corrected chi connectivity index (χ4v) is 5.13. The van der Waals surface area contributed by atoms with Crippen LogP contribution < -0.4 is 14.5 Å². The van der Waals surface area contributed by atoms with E-state index in [-0.39, 0.29) is 18.6 Å². The van der Waals surface area contributed by atoms with Gasteiger partial charge in [-0.25, -0.2) is 9.97 Å². The first-order valence-corrected chi connectivity index (χ1v) is 12.9. The van der Waals surface area contributed by atoms with Gasteiger partial charge in [-0.2, -0.15) is 0 Å². The Bertz CT molecular complexity index is 1300. The molecule has 10 nitrogen and oxygen atoms in total. The van der Waals surface area contributed by atoms with Crippen LogP contribution in [0.2, 0.25) is 0 Å². The molecule has 0 aliphatic carbocycles. The number of para-hydroxylation sites is 2. The molecular weight excluding hydrogens is 468 g/mol. The number of rotatable bonds is 6. The number of anilines is 2. The number of hydrogen-bond donors (Lipinski definition) is 1. The smallest absolute Gasteiger partial charge is 0.261 e. The molecular formula is C27H30N8O2. The van der Waals surface area contributed by atoms with Crippen LogP contribution in [0.4, 0.5) is 11.6 Å². The molecule has 0 spiro atoms. The van der Waals surface area contributed by atoms with Crippen LogP contribution in [0.1, 0.15) is 31.1 Å². The molecule has 0 unspecified atom stereocenters. The quantitative estimate of drug-likeness (QED) is 0.432. The monoisotopic (exact) mass is 498 g/mol. The molecule has 1 atom stereocenters. The van der Waals surface area contributed by atoms with Crippen LogP contribution in [0.15, 0.2) is 60.8 Å². The Morgan fingerprint density at radius 3 is 2.46 bits per heavy atom. The highest BCUT2D eigenvalue weighted by atomic mass is 16.5. The normalized spacial score (nSPS) is 18.3. The molecule has 2 aliphatic heterocycles. The van der Waals surface area contributed by atoms with Gasteiger partial charge in [0.25, 0.3) is 5.91 Å². The molecule has 1 aromatic carbocycles. The number of H-pyrrole nitrogens is 1. The number of fused-ring (bicyclic) bond motifs is 1. The number of benzene rings is 1. The van der Waals surface area contributed by atoms with Crippen LogP contribution in [-0.4, -0.2) is 75.3 Å². The SMILES string of the molecule is O=C(COc1ccc(N2CCN(c3ccccn3)CC2)nn1)N1CCCC[C@@H]1c1nc2ccccc2[nH]1. The number of amides is 1. The van der Waals surface area contributed by atoms with E-state index in [1.54, 1.807) is 6.07 Å². The summed E-state index contributed by atoms with van der Waals surface area (Å²) in [5.41, 5.74) is 1.90. The molecule has 2 fully saturated rings. The van der Waals surface area contributed by atoms with Gasteiger partial charge < -0.3 is 24.4 Å². The molecule has 2 aliphatic rings. The van der Waals surface area contributed by atoms with E-state index in [2.05, 4.69) is 30.0 Å². The van der Waals surface area contributed by atoms with E-state index < -0.39 is 0 Å². The molecule has 2 saturated heterocycles. The third-order valence-electron chi connectivity index (χ3n) is 7.09. The topological polar surface area (TPSA) is 103 Å². The number of carbonyl (C=O) groups is 1. The van der Waals surface area contributed by atoms with Crippen LogP contribution in [-0.2, 0) is 4.79 Å². The van der Waals surface area contributed by atoms with E-state index in [0.717, 1.165) is 73.9 Å². The molecule has 0 bridgehead atoms. The number of nitrogens with one attached hydrogen (secondary N) is 1. The van der Waals surface area contributed by atoms with Crippen LogP contribution in [0, 0.1) is 0 Å².